The van der Waals surface area contributed by atoms with Crippen LogP contribution in [0.4, 0.5) is 0 Å². The molecule has 0 heterocycles. The lowest BCUT2D eigenvalue weighted by atomic mass is 9.90. The van der Waals surface area contributed by atoms with Crippen molar-refractivity contribution in [3.8, 4) is 17.6 Å². The summed E-state index contributed by atoms with van der Waals surface area (Å²) in [6, 6.07) is 7.92. The first kappa shape index (κ1) is 20.8. The van der Waals surface area contributed by atoms with Gasteiger partial charge < -0.3 is 14.8 Å². The van der Waals surface area contributed by atoms with E-state index in [1.54, 1.807) is 14.0 Å². The molecule has 25 heavy (non-hydrogen) atoms. The quantitative estimate of drug-likeness (QED) is 0.743. The standard InChI is InChI=1S/C19H29N3O3/c1-7-25-16-9-8-15(10-17(16)24-6)11-22(5)12-18(23)21-19(4,13-20)14(2)3/h8-10,14H,7,11-12H2,1-6H3,(H,21,23)/t19-/m0/s1. The highest BCUT2D eigenvalue weighted by atomic mass is 16.5. The van der Waals surface area contributed by atoms with Crippen molar-refractivity contribution in [2.45, 2.75) is 39.8 Å². The number of likely N-dealkylation sites (N-methyl/N-ethyl adjacent to an activating group) is 1. The molecule has 0 radical (unpaired) electrons. The van der Waals surface area contributed by atoms with Crippen LogP contribution in [0, 0.1) is 17.2 Å². The Morgan fingerprint density at radius 1 is 1.40 bits per heavy atom. The largest absolute Gasteiger partial charge is 0.493 e. The predicted molar refractivity (Wildman–Crippen MR) is 97.5 cm³/mol. The fourth-order valence-corrected chi connectivity index (χ4v) is 2.33. The number of carbonyl (C=O) groups is 1. The first-order valence-corrected chi connectivity index (χ1v) is 8.46. The minimum Gasteiger partial charge on any atom is -0.493 e. The van der Waals surface area contributed by atoms with Gasteiger partial charge >= 0.3 is 0 Å². The van der Waals surface area contributed by atoms with E-state index >= 15 is 0 Å². The number of ether oxygens (including phenoxy) is 2. The summed E-state index contributed by atoms with van der Waals surface area (Å²) in [5, 5.41) is 12.1. The lowest BCUT2D eigenvalue weighted by molar-refractivity contribution is -0.123. The SMILES string of the molecule is CCOc1ccc(CN(C)CC(=O)N[C@@](C)(C#N)C(C)C)cc1OC. The monoisotopic (exact) mass is 347 g/mol. The summed E-state index contributed by atoms with van der Waals surface area (Å²) in [6.45, 7) is 8.86. The second kappa shape index (κ2) is 9.28. The first-order valence-electron chi connectivity index (χ1n) is 8.46. The maximum Gasteiger partial charge on any atom is 0.235 e. The Bertz CT molecular complexity index is 625. The average molecular weight is 347 g/mol. The first-order chi connectivity index (χ1) is 11.8. The molecule has 0 bridgehead atoms. The predicted octanol–water partition coefficient (Wildman–Crippen LogP) is 2.58. The molecular formula is C19H29N3O3. The van der Waals surface area contributed by atoms with Crippen molar-refractivity contribution < 1.29 is 14.3 Å². The highest BCUT2D eigenvalue weighted by Gasteiger charge is 2.30. The normalized spacial score (nSPS) is 13.2. The van der Waals surface area contributed by atoms with Gasteiger partial charge in [0.2, 0.25) is 5.91 Å². The molecule has 0 aliphatic rings. The number of hydrogen-bond acceptors (Lipinski definition) is 5. The molecule has 0 aromatic heterocycles. The Morgan fingerprint density at radius 2 is 2.08 bits per heavy atom. The number of benzene rings is 1. The van der Waals surface area contributed by atoms with Crippen LogP contribution >= 0.6 is 0 Å². The number of nitrogens with one attached hydrogen (secondary N) is 1. The maximum atomic E-state index is 12.2. The highest BCUT2D eigenvalue weighted by Crippen LogP contribution is 2.28. The Kier molecular flexibility index (Phi) is 7.72. The summed E-state index contributed by atoms with van der Waals surface area (Å²) < 4.78 is 10.9. The van der Waals surface area contributed by atoms with Crippen molar-refractivity contribution in [2.75, 3.05) is 27.3 Å². The van der Waals surface area contributed by atoms with Crippen LogP contribution in [-0.2, 0) is 11.3 Å². The van der Waals surface area contributed by atoms with Crippen molar-refractivity contribution >= 4 is 5.91 Å². The molecule has 1 amide bonds. The van der Waals surface area contributed by atoms with Crippen LogP contribution in [0.3, 0.4) is 0 Å². The molecule has 1 aromatic rings. The molecule has 0 aliphatic carbocycles. The molecule has 1 atom stereocenters. The maximum absolute atomic E-state index is 12.2. The van der Waals surface area contributed by atoms with Crippen LogP contribution < -0.4 is 14.8 Å². The summed E-state index contributed by atoms with van der Waals surface area (Å²) >= 11 is 0. The number of nitrogens with zero attached hydrogens (tertiary/aromatic N) is 2. The van der Waals surface area contributed by atoms with Gasteiger partial charge in [0.15, 0.2) is 11.5 Å². The van der Waals surface area contributed by atoms with E-state index in [9.17, 15) is 10.1 Å². The molecule has 0 saturated carbocycles. The molecule has 6 nitrogen and oxygen atoms in total. The molecule has 0 saturated heterocycles. The van der Waals surface area contributed by atoms with E-state index in [1.807, 2.05) is 50.9 Å². The number of methoxy groups -OCH3 is 1. The molecule has 6 heteroatoms. The molecule has 0 spiro atoms. The minimum atomic E-state index is -0.861. The number of nitriles is 1. The summed E-state index contributed by atoms with van der Waals surface area (Å²) in [5.74, 6) is 1.24. The van der Waals surface area contributed by atoms with E-state index in [-0.39, 0.29) is 18.4 Å². The molecule has 1 N–H and O–H groups in total. The van der Waals surface area contributed by atoms with Gasteiger partial charge in [-0.25, -0.2) is 0 Å². The van der Waals surface area contributed by atoms with Crippen LogP contribution in [0.5, 0.6) is 11.5 Å². The van der Waals surface area contributed by atoms with Gasteiger partial charge in [0.05, 0.1) is 26.3 Å². The number of amides is 1. The van der Waals surface area contributed by atoms with Gasteiger partial charge in [0.1, 0.15) is 5.54 Å². The highest BCUT2D eigenvalue weighted by molar-refractivity contribution is 5.79. The Hall–Kier alpha value is -2.26. The summed E-state index contributed by atoms with van der Waals surface area (Å²) in [7, 11) is 3.47. The van der Waals surface area contributed by atoms with Crippen LogP contribution in [0.1, 0.15) is 33.3 Å². The smallest absolute Gasteiger partial charge is 0.235 e. The van der Waals surface area contributed by atoms with Gasteiger partial charge in [-0.05, 0) is 44.5 Å². The Labute approximate surface area is 150 Å². The fourth-order valence-electron chi connectivity index (χ4n) is 2.33. The third kappa shape index (κ3) is 5.95. The lowest BCUT2D eigenvalue weighted by Crippen LogP contribution is -2.51. The van der Waals surface area contributed by atoms with Crippen LogP contribution in [0.25, 0.3) is 0 Å². The van der Waals surface area contributed by atoms with Crippen molar-refractivity contribution in [2.24, 2.45) is 5.92 Å². The second-order valence-electron chi connectivity index (χ2n) is 6.61. The lowest BCUT2D eigenvalue weighted by Gasteiger charge is -2.28. The second-order valence-corrected chi connectivity index (χ2v) is 6.61. The average Bonchev–Trinajstić information content (AvgIpc) is 2.55. The van der Waals surface area contributed by atoms with Crippen molar-refractivity contribution in [1.29, 1.82) is 5.26 Å². The third-order valence-corrected chi connectivity index (χ3v) is 4.18. The molecule has 0 aliphatic heterocycles. The van der Waals surface area contributed by atoms with Crippen molar-refractivity contribution in [1.82, 2.24) is 10.2 Å². The number of hydrogen-bond donors (Lipinski definition) is 1. The van der Waals surface area contributed by atoms with Gasteiger partial charge in [-0.15, -0.1) is 0 Å². The van der Waals surface area contributed by atoms with E-state index in [2.05, 4.69) is 11.4 Å². The van der Waals surface area contributed by atoms with Gasteiger partial charge in [0, 0.05) is 6.54 Å². The zero-order chi connectivity index (χ0) is 19.0. The van der Waals surface area contributed by atoms with Crippen LogP contribution in [0.15, 0.2) is 18.2 Å². The van der Waals surface area contributed by atoms with Gasteiger partial charge in [-0.3, -0.25) is 9.69 Å². The number of carbonyl (C=O) groups excluding carboxylic acids is 1. The Morgan fingerprint density at radius 3 is 2.60 bits per heavy atom. The van der Waals surface area contributed by atoms with E-state index in [1.165, 1.54) is 0 Å². The zero-order valence-corrected chi connectivity index (χ0v) is 16.0. The third-order valence-electron chi connectivity index (χ3n) is 4.18. The molecule has 1 aromatic carbocycles. The summed E-state index contributed by atoms with van der Waals surface area (Å²) in [6.07, 6.45) is 0. The van der Waals surface area contributed by atoms with Crippen molar-refractivity contribution in [3.63, 3.8) is 0 Å². The van der Waals surface area contributed by atoms with Crippen molar-refractivity contribution in [3.05, 3.63) is 23.8 Å². The van der Waals surface area contributed by atoms with E-state index < -0.39 is 5.54 Å². The molecule has 0 fully saturated rings. The topological polar surface area (TPSA) is 74.6 Å². The van der Waals surface area contributed by atoms with Gasteiger partial charge in [0.25, 0.3) is 0 Å². The Balaban J connectivity index is 2.69. The van der Waals surface area contributed by atoms with Crippen LogP contribution in [-0.4, -0.2) is 43.7 Å². The zero-order valence-electron chi connectivity index (χ0n) is 16.0. The van der Waals surface area contributed by atoms with E-state index in [0.717, 1.165) is 5.56 Å². The molecular weight excluding hydrogens is 318 g/mol. The van der Waals surface area contributed by atoms with E-state index in [4.69, 9.17) is 9.47 Å². The van der Waals surface area contributed by atoms with Gasteiger partial charge in [-0.1, -0.05) is 19.9 Å². The summed E-state index contributed by atoms with van der Waals surface area (Å²) in [5.41, 5.74) is 0.155. The fraction of sp³-hybridized carbons (Fsp3) is 0.579. The molecule has 0 unspecified atom stereocenters. The number of rotatable bonds is 9. The van der Waals surface area contributed by atoms with Gasteiger partial charge in [-0.2, -0.15) is 5.26 Å². The molecule has 138 valence electrons. The minimum absolute atomic E-state index is 0.0297. The van der Waals surface area contributed by atoms with Crippen LogP contribution in [0.2, 0.25) is 0 Å². The summed E-state index contributed by atoms with van der Waals surface area (Å²) in [4.78, 5) is 14.1. The molecule has 1 rings (SSSR count). The van der Waals surface area contributed by atoms with E-state index in [0.29, 0.717) is 24.7 Å².